The van der Waals surface area contributed by atoms with Crippen LogP contribution in [0, 0.1) is 0 Å². The second-order valence-corrected chi connectivity index (χ2v) is 7.81. The van der Waals surface area contributed by atoms with Gasteiger partial charge in [-0.3, -0.25) is 0 Å². The summed E-state index contributed by atoms with van der Waals surface area (Å²) in [6.07, 6.45) is 7.84. The van der Waals surface area contributed by atoms with E-state index in [0.29, 0.717) is 12.1 Å². The number of thiophene rings is 1. The Morgan fingerprint density at radius 3 is 3.00 bits per heavy atom. The number of imidazole rings is 1. The van der Waals surface area contributed by atoms with Gasteiger partial charge in [0, 0.05) is 35.1 Å². The van der Waals surface area contributed by atoms with Crippen LogP contribution in [0.3, 0.4) is 0 Å². The van der Waals surface area contributed by atoms with Gasteiger partial charge < -0.3 is 9.88 Å². The zero-order valence-corrected chi connectivity index (χ0v) is 14.0. The monoisotopic (exact) mass is 303 g/mol. The average molecular weight is 303 g/mol. The lowest BCUT2D eigenvalue weighted by molar-refractivity contribution is 0.321. The minimum Gasteiger partial charge on any atom is -0.332 e. The van der Waals surface area contributed by atoms with Gasteiger partial charge >= 0.3 is 0 Å². The van der Waals surface area contributed by atoms with Crippen molar-refractivity contribution < 1.29 is 0 Å². The highest BCUT2D eigenvalue weighted by atomic mass is 32.1. The van der Waals surface area contributed by atoms with Crippen molar-refractivity contribution >= 4 is 11.3 Å². The molecule has 0 saturated carbocycles. The van der Waals surface area contributed by atoms with E-state index in [1.54, 1.807) is 0 Å². The minimum atomic E-state index is 0.143. The molecule has 2 aromatic rings. The van der Waals surface area contributed by atoms with E-state index in [0.717, 1.165) is 6.54 Å². The fourth-order valence-corrected chi connectivity index (χ4v) is 4.14. The van der Waals surface area contributed by atoms with E-state index >= 15 is 0 Å². The maximum Gasteiger partial charge on any atom is 0.0948 e. The fraction of sp³-hybridized carbons (Fsp3) is 0.588. The number of aromatic nitrogens is 2. The summed E-state index contributed by atoms with van der Waals surface area (Å²) < 4.78 is 2.34. The van der Waals surface area contributed by atoms with Gasteiger partial charge in [0.2, 0.25) is 0 Å². The highest BCUT2D eigenvalue weighted by Crippen LogP contribution is 2.31. The van der Waals surface area contributed by atoms with Crippen molar-refractivity contribution in [2.75, 3.05) is 0 Å². The molecule has 4 heteroatoms. The molecule has 0 spiro atoms. The predicted octanol–water partition coefficient (Wildman–Crippen LogP) is 4.13. The first kappa shape index (κ1) is 14.8. The first-order valence-electron chi connectivity index (χ1n) is 7.86. The molecule has 2 unspecified atom stereocenters. The van der Waals surface area contributed by atoms with Crippen LogP contribution in [-0.4, -0.2) is 15.6 Å². The van der Waals surface area contributed by atoms with Crippen LogP contribution in [0.2, 0.25) is 0 Å². The Balaban J connectivity index is 1.79. The lowest BCUT2D eigenvalue weighted by atomic mass is 9.91. The van der Waals surface area contributed by atoms with Gasteiger partial charge in [0.25, 0.3) is 0 Å². The summed E-state index contributed by atoms with van der Waals surface area (Å²) in [4.78, 5) is 5.85. The molecule has 1 saturated heterocycles. The maximum atomic E-state index is 4.41. The van der Waals surface area contributed by atoms with Crippen LogP contribution in [0.4, 0.5) is 0 Å². The molecule has 2 atom stereocenters. The van der Waals surface area contributed by atoms with E-state index in [1.165, 1.54) is 29.8 Å². The standard InChI is InChI=1S/C17H25N3S/c1-13-6-4-7-14(19-13)15-10-18-12-20(15)11-17(2,3)16-8-5-9-21-16/h5,8-10,12-14,19H,4,6-7,11H2,1-3H3. The highest BCUT2D eigenvalue weighted by Gasteiger charge is 2.26. The van der Waals surface area contributed by atoms with Gasteiger partial charge in [-0.25, -0.2) is 4.98 Å². The lowest BCUT2D eigenvalue weighted by Crippen LogP contribution is -2.36. The normalized spacial score (nSPS) is 23.4. The molecule has 0 bridgehead atoms. The van der Waals surface area contributed by atoms with E-state index in [2.05, 4.69) is 53.2 Å². The Kier molecular flexibility index (Phi) is 4.18. The van der Waals surface area contributed by atoms with E-state index in [-0.39, 0.29) is 5.41 Å². The van der Waals surface area contributed by atoms with E-state index in [1.807, 2.05) is 23.9 Å². The molecule has 3 rings (SSSR count). The number of rotatable bonds is 4. The van der Waals surface area contributed by atoms with Gasteiger partial charge in [-0.1, -0.05) is 19.9 Å². The van der Waals surface area contributed by atoms with Crippen LogP contribution in [0.25, 0.3) is 0 Å². The Bertz CT molecular complexity index is 571. The number of piperidine rings is 1. The van der Waals surface area contributed by atoms with E-state index < -0.39 is 0 Å². The van der Waals surface area contributed by atoms with Crippen molar-refractivity contribution in [3.63, 3.8) is 0 Å². The third-order valence-electron chi connectivity index (χ3n) is 4.47. The summed E-state index contributed by atoms with van der Waals surface area (Å²) >= 11 is 1.84. The van der Waals surface area contributed by atoms with E-state index in [9.17, 15) is 0 Å². The van der Waals surface area contributed by atoms with Gasteiger partial charge in [-0.05, 0) is 37.6 Å². The lowest BCUT2D eigenvalue weighted by Gasteiger charge is -2.31. The maximum absolute atomic E-state index is 4.41. The second-order valence-electron chi connectivity index (χ2n) is 6.86. The summed E-state index contributed by atoms with van der Waals surface area (Å²) in [6.45, 7) is 7.90. The van der Waals surface area contributed by atoms with Crippen LogP contribution < -0.4 is 5.32 Å². The van der Waals surface area contributed by atoms with Crippen LogP contribution in [0.5, 0.6) is 0 Å². The first-order chi connectivity index (χ1) is 10.1. The van der Waals surface area contributed by atoms with Crippen molar-refractivity contribution in [2.45, 2.75) is 64.1 Å². The van der Waals surface area contributed by atoms with Crippen molar-refractivity contribution in [3.05, 3.63) is 40.6 Å². The second kappa shape index (κ2) is 5.93. The summed E-state index contributed by atoms with van der Waals surface area (Å²) in [5.74, 6) is 0. The molecule has 3 heterocycles. The molecular weight excluding hydrogens is 278 g/mol. The summed E-state index contributed by atoms with van der Waals surface area (Å²) in [6, 6.07) is 5.44. The first-order valence-corrected chi connectivity index (χ1v) is 8.74. The van der Waals surface area contributed by atoms with Crippen LogP contribution in [0.1, 0.15) is 56.6 Å². The van der Waals surface area contributed by atoms with Gasteiger partial charge in [0.05, 0.1) is 12.0 Å². The largest absolute Gasteiger partial charge is 0.332 e. The smallest absolute Gasteiger partial charge is 0.0948 e. The Morgan fingerprint density at radius 2 is 2.29 bits per heavy atom. The number of nitrogens with zero attached hydrogens (tertiary/aromatic N) is 2. The number of nitrogens with one attached hydrogen (secondary N) is 1. The zero-order valence-electron chi connectivity index (χ0n) is 13.2. The van der Waals surface area contributed by atoms with Crippen molar-refractivity contribution in [1.29, 1.82) is 0 Å². The molecule has 1 aliphatic heterocycles. The van der Waals surface area contributed by atoms with Crippen molar-refractivity contribution in [1.82, 2.24) is 14.9 Å². The highest BCUT2D eigenvalue weighted by molar-refractivity contribution is 7.10. The van der Waals surface area contributed by atoms with Crippen LogP contribution in [0.15, 0.2) is 30.0 Å². The van der Waals surface area contributed by atoms with Crippen molar-refractivity contribution in [2.24, 2.45) is 0 Å². The molecule has 1 N–H and O–H groups in total. The molecule has 0 aliphatic carbocycles. The van der Waals surface area contributed by atoms with Gasteiger partial charge in [-0.15, -0.1) is 11.3 Å². The third-order valence-corrected chi connectivity index (χ3v) is 5.71. The molecule has 1 fully saturated rings. The summed E-state index contributed by atoms with van der Waals surface area (Å²) in [5.41, 5.74) is 1.48. The minimum absolute atomic E-state index is 0.143. The average Bonchev–Trinajstić information content (AvgIpc) is 3.09. The molecule has 0 amide bonds. The van der Waals surface area contributed by atoms with Gasteiger partial charge in [0.1, 0.15) is 0 Å². The quantitative estimate of drug-likeness (QED) is 0.920. The topological polar surface area (TPSA) is 29.9 Å². The van der Waals surface area contributed by atoms with Crippen molar-refractivity contribution in [3.8, 4) is 0 Å². The van der Waals surface area contributed by atoms with Crippen LogP contribution >= 0.6 is 11.3 Å². The molecule has 3 nitrogen and oxygen atoms in total. The summed E-state index contributed by atoms with van der Waals surface area (Å²) in [7, 11) is 0. The molecule has 0 aromatic carbocycles. The number of hydrogen-bond donors (Lipinski definition) is 1. The Labute approximate surface area is 131 Å². The zero-order chi connectivity index (χ0) is 14.9. The Morgan fingerprint density at radius 1 is 1.43 bits per heavy atom. The molecule has 0 radical (unpaired) electrons. The van der Waals surface area contributed by atoms with Crippen LogP contribution in [-0.2, 0) is 12.0 Å². The molecule has 2 aromatic heterocycles. The van der Waals surface area contributed by atoms with E-state index in [4.69, 9.17) is 0 Å². The van der Waals surface area contributed by atoms with Gasteiger partial charge in [-0.2, -0.15) is 0 Å². The SMILES string of the molecule is CC1CCCC(c2cncn2CC(C)(C)c2cccs2)N1. The summed E-state index contributed by atoms with van der Waals surface area (Å²) in [5, 5.41) is 5.88. The Hall–Kier alpha value is -1.13. The van der Waals surface area contributed by atoms with Gasteiger partial charge in [0.15, 0.2) is 0 Å². The molecular formula is C17H25N3S. The number of hydrogen-bond acceptors (Lipinski definition) is 3. The fourth-order valence-electron chi connectivity index (χ4n) is 3.29. The molecule has 21 heavy (non-hydrogen) atoms. The predicted molar refractivity (Wildman–Crippen MR) is 88.8 cm³/mol. The third kappa shape index (κ3) is 3.22. The molecule has 114 valence electrons. The molecule has 1 aliphatic rings.